The van der Waals surface area contributed by atoms with E-state index in [-0.39, 0.29) is 0 Å². The summed E-state index contributed by atoms with van der Waals surface area (Å²) in [6.45, 7) is 14.4. The summed E-state index contributed by atoms with van der Waals surface area (Å²) in [5.74, 6) is 2.22. The number of nitrogens with zero attached hydrogens (tertiary/aromatic N) is 8. The molecule has 3 saturated heterocycles. The number of fused-ring (bicyclic) bond motifs is 1. The number of rotatable bonds is 9. The molecule has 0 amide bonds. The standard InChI is InChI=1S/C23H38N10O2/c1-30-6-8-33(9-7-30)23-28-21(25-3-5-32-12-16-35-17-13-32)20-22(29-23)27-19(18-26-20)24-2-4-31-10-14-34-15-11-31/h18H,2-17H2,1H3,(H2,24,25,27,28,29). The second kappa shape index (κ2) is 12.0. The number of hydrogen-bond donors (Lipinski definition) is 2. The van der Waals surface area contributed by atoms with E-state index in [1.807, 2.05) is 0 Å². The third-order valence-corrected chi connectivity index (χ3v) is 6.84. The van der Waals surface area contributed by atoms with E-state index in [1.54, 1.807) is 6.20 Å². The van der Waals surface area contributed by atoms with Crippen LogP contribution in [0.5, 0.6) is 0 Å². The first-order chi connectivity index (χ1) is 17.2. The Hall–Kier alpha value is -2.38. The molecular formula is C23H38N10O2. The van der Waals surface area contributed by atoms with Gasteiger partial charge in [0.1, 0.15) is 5.82 Å². The summed E-state index contributed by atoms with van der Waals surface area (Å²) in [6.07, 6.45) is 1.79. The molecule has 5 rings (SSSR count). The van der Waals surface area contributed by atoms with Crippen molar-refractivity contribution in [3.63, 3.8) is 0 Å². The molecule has 12 heteroatoms. The number of nitrogens with one attached hydrogen (secondary N) is 2. The first-order valence-corrected chi connectivity index (χ1v) is 12.8. The van der Waals surface area contributed by atoms with Crippen molar-refractivity contribution in [3.8, 4) is 0 Å². The summed E-state index contributed by atoms with van der Waals surface area (Å²) < 4.78 is 10.9. The van der Waals surface area contributed by atoms with Crippen molar-refractivity contribution in [2.45, 2.75) is 0 Å². The lowest BCUT2D eigenvalue weighted by atomic mass is 10.3. The number of piperazine rings is 1. The summed E-state index contributed by atoms with van der Waals surface area (Å²) in [6, 6.07) is 0. The summed E-state index contributed by atoms with van der Waals surface area (Å²) in [4.78, 5) is 28.6. The van der Waals surface area contributed by atoms with E-state index in [0.717, 1.165) is 123 Å². The predicted molar refractivity (Wildman–Crippen MR) is 136 cm³/mol. The molecule has 2 aromatic heterocycles. The second-order valence-electron chi connectivity index (χ2n) is 9.35. The van der Waals surface area contributed by atoms with Gasteiger partial charge in [0.05, 0.1) is 32.6 Å². The first-order valence-electron chi connectivity index (χ1n) is 12.8. The number of aromatic nitrogens is 4. The van der Waals surface area contributed by atoms with Crippen LogP contribution in [0.1, 0.15) is 0 Å². The molecule has 3 aliphatic heterocycles. The van der Waals surface area contributed by atoms with Gasteiger partial charge in [-0.3, -0.25) is 9.80 Å². The molecular weight excluding hydrogens is 448 g/mol. The molecule has 0 aromatic carbocycles. The minimum atomic E-state index is 0.624. The van der Waals surface area contributed by atoms with Gasteiger partial charge in [0.25, 0.3) is 0 Å². The summed E-state index contributed by atoms with van der Waals surface area (Å²) in [5, 5.41) is 6.94. The van der Waals surface area contributed by atoms with Crippen LogP contribution in [0.2, 0.25) is 0 Å². The van der Waals surface area contributed by atoms with Gasteiger partial charge in [-0.25, -0.2) is 9.97 Å². The van der Waals surface area contributed by atoms with Crippen molar-refractivity contribution in [1.29, 1.82) is 0 Å². The Balaban J connectivity index is 1.29. The van der Waals surface area contributed by atoms with Gasteiger partial charge in [0, 0.05) is 78.5 Å². The van der Waals surface area contributed by atoms with Gasteiger partial charge < -0.3 is 29.9 Å². The Morgan fingerprint density at radius 1 is 0.771 bits per heavy atom. The fraction of sp³-hybridized carbons (Fsp3) is 0.739. The molecule has 0 aliphatic carbocycles. The molecule has 0 saturated carbocycles. The number of ether oxygens (including phenoxy) is 2. The van der Waals surface area contributed by atoms with Gasteiger partial charge in [0.15, 0.2) is 17.0 Å². The van der Waals surface area contributed by atoms with Crippen molar-refractivity contribution in [2.75, 3.05) is 128 Å². The van der Waals surface area contributed by atoms with Crippen molar-refractivity contribution in [2.24, 2.45) is 0 Å². The van der Waals surface area contributed by atoms with Crippen molar-refractivity contribution in [3.05, 3.63) is 6.20 Å². The smallest absolute Gasteiger partial charge is 0.229 e. The molecule has 3 fully saturated rings. The molecule has 35 heavy (non-hydrogen) atoms. The maximum atomic E-state index is 5.46. The minimum absolute atomic E-state index is 0.624. The van der Waals surface area contributed by atoms with Crippen LogP contribution in [0, 0.1) is 0 Å². The fourth-order valence-corrected chi connectivity index (χ4v) is 4.58. The van der Waals surface area contributed by atoms with Gasteiger partial charge in [-0.15, -0.1) is 0 Å². The van der Waals surface area contributed by atoms with Crippen LogP contribution in [0.3, 0.4) is 0 Å². The van der Waals surface area contributed by atoms with E-state index >= 15 is 0 Å². The molecule has 12 nitrogen and oxygen atoms in total. The van der Waals surface area contributed by atoms with Crippen molar-refractivity contribution < 1.29 is 9.47 Å². The normalized spacial score (nSPS) is 20.9. The van der Waals surface area contributed by atoms with Crippen molar-refractivity contribution >= 4 is 28.7 Å². The third-order valence-electron chi connectivity index (χ3n) is 6.84. The van der Waals surface area contributed by atoms with Crippen LogP contribution in [0.25, 0.3) is 11.2 Å². The van der Waals surface area contributed by atoms with Crippen LogP contribution in [-0.4, -0.2) is 147 Å². The highest BCUT2D eigenvalue weighted by atomic mass is 16.5. The monoisotopic (exact) mass is 486 g/mol. The lowest BCUT2D eigenvalue weighted by Gasteiger charge is -2.32. The minimum Gasteiger partial charge on any atom is -0.379 e. The fourth-order valence-electron chi connectivity index (χ4n) is 4.58. The Bertz CT molecular complexity index is 943. The summed E-state index contributed by atoms with van der Waals surface area (Å²) >= 11 is 0. The van der Waals surface area contributed by atoms with E-state index in [0.29, 0.717) is 11.2 Å². The maximum absolute atomic E-state index is 5.46. The van der Waals surface area contributed by atoms with E-state index in [4.69, 9.17) is 29.4 Å². The topological polar surface area (TPSA) is 107 Å². The predicted octanol–water partition coefficient (Wildman–Crippen LogP) is -0.340. The van der Waals surface area contributed by atoms with Gasteiger partial charge in [-0.2, -0.15) is 9.97 Å². The quantitative estimate of drug-likeness (QED) is 0.484. The van der Waals surface area contributed by atoms with E-state index in [9.17, 15) is 0 Å². The number of likely N-dealkylation sites (N-methyl/N-ethyl adjacent to an activating group) is 1. The van der Waals surface area contributed by atoms with E-state index in [1.165, 1.54) is 0 Å². The molecule has 2 N–H and O–H groups in total. The number of hydrogen-bond acceptors (Lipinski definition) is 12. The lowest BCUT2D eigenvalue weighted by molar-refractivity contribution is 0.0398. The molecule has 0 unspecified atom stereocenters. The SMILES string of the molecule is CN1CCN(c2nc(NCCN3CCOCC3)c3ncc(NCCN4CCOCC4)nc3n2)CC1. The van der Waals surface area contributed by atoms with Gasteiger partial charge >= 0.3 is 0 Å². The molecule has 0 bridgehead atoms. The molecule has 192 valence electrons. The maximum Gasteiger partial charge on any atom is 0.229 e. The molecule has 2 aromatic rings. The molecule has 0 spiro atoms. The third kappa shape index (κ3) is 6.64. The van der Waals surface area contributed by atoms with E-state index in [2.05, 4.69) is 37.3 Å². The largest absolute Gasteiger partial charge is 0.379 e. The lowest BCUT2D eigenvalue weighted by Crippen LogP contribution is -2.45. The summed E-state index contributed by atoms with van der Waals surface area (Å²) in [7, 11) is 2.15. The zero-order valence-corrected chi connectivity index (χ0v) is 20.8. The highest BCUT2D eigenvalue weighted by Gasteiger charge is 2.20. The Kier molecular flexibility index (Phi) is 8.37. The molecule has 3 aliphatic rings. The number of morpholine rings is 2. The van der Waals surface area contributed by atoms with Crippen LogP contribution in [0.15, 0.2) is 6.20 Å². The van der Waals surface area contributed by atoms with E-state index < -0.39 is 0 Å². The summed E-state index contributed by atoms with van der Waals surface area (Å²) in [5.41, 5.74) is 1.34. The molecule has 0 radical (unpaired) electrons. The van der Waals surface area contributed by atoms with Crippen molar-refractivity contribution in [1.82, 2.24) is 34.6 Å². The van der Waals surface area contributed by atoms with Crippen LogP contribution in [0.4, 0.5) is 17.6 Å². The highest BCUT2D eigenvalue weighted by Crippen LogP contribution is 2.22. The molecule has 0 atom stereocenters. The van der Waals surface area contributed by atoms with Gasteiger partial charge in [0.2, 0.25) is 5.95 Å². The Morgan fingerprint density at radius 3 is 2.06 bits per heavy atom. The van der Waals surface area contributed by atoms with Crippen LogP contribution in [-0.2, 0) is 9.47 Å². The average Bonchev–Trinajstić information content (AvgIpc) is 2.90. The van der Waals surface area contributed by atoms with Crippen LogP contribution < -0.4 is 15.5 Å². The van der Waals surface area contributed by atoms with Crippen LogP contribution >= 0.6 is 0 Å². The van der Waals surface area contributed by atoms with Gasteiger partial charge in [-0.05, 0) is 7.05 Å². The number of anilines is 3. The average molecular weight is 487 g/mol. The first kappa shape index (κ1) is 24.3. The Labute approximate surface area is 207 Å². The molecule has 5 heterocycles. The zero-order valence-electron chi connectivity index (χ0n) is 20.8. The Morgan fingerprint density at radius 2 is 1.40 bits per heavy atom. The zero-order chi connectivity index (χ0) is 23.9. The second-order valence-corrected chi connectivity index (χ2v) is 9.35. The van der Waals surface area contributed by atoms with Gasteiger partial charge in [-0.1, -0.05) is 0 Å². The highest BCUT2D eigenvalue weighted by molar-refractivity contribution is 5.84.